The van der Waals surface area contributed by atoms with Gasteiger partial charge in [-0.2, -0.15) is 0 Å². The third kappa shape index (κ3) is 4.38. The Morgan fingerprint density at radius 2 is 1.82 bits per heavy atom. The van der Waals surface area contributed by atoms with E-state index in [0.717, 1.165) is 32.4 Å². The molecule has 0 heterocycles. The molecule has 0 rings (SSSR count). The van der Waals surface area contributed by atoms with Crippen LogP contribution in [0.4, 0.5) is 0 Å². The Kier molecular flexibility index (Phi) is 6.57. The molecule has 0 spiro atoms. The second-order valence-corrected chi connectivity index (χ2v) is 2.90. The Balaban J connectivity index is 3.61. The first-order valence-electron chi connectivity index (χ1n) is 4.68. The maximum Gasteiger partial charge on any atom is 0.107 e. The van der Waals surface area contributed by atoms with E-state index in [4.69, 9.17) is 0 Å². The molecule has 0 aromatic rings. The summed E-state index contributed by atoms with van der Waals surface area (Å²) in [5.74, 6) is 0. The van der Waals surface area contributed by atoms with Gasteiger partial charge in [0.2, 0.25) is 0 Å². The zero-order valence-electron chi connectivity index (χ0n) is 8.01. The van der Waals surface area contributed by atoms with Crippen LogP contribution < -0.4 is 0 Å². The molecule has 0 saturated carbocycles. The molecule has 0 radical (unpaired) electrons. The van der Waals surface area contributed by atoms with Crippen LogP contribution in [-0.2, 0) is 0 Å². The average molecular weight is 159 g/mol. The van der Waals surface area contributed by atoms with Gasteiger partial charge in [0, 0.05) is 6.54 Å². The summed E-state index contributed by atoms with van der Waals surface area (Å²) in [6.07, 6.45) is 2.86. The predicted molar refractivity (Wildman–Crippen MR) is 48.5 cm³/mol. The highest BCUT2D eigenvalue weighted by molar-refractivity contribution is 4.58. The minimum Gasteiger partial charge on any atom is -0.378 e. The Morgan fingerprint density at radius 3 is 2.18 bits per heavy atom. The Bertz CT molecular complexity index is 85.6. The molecule has 0 aliphatic rings. The van der Waals surface area contributed by atoms with E-state index >= 15 is 0 Å². The minimum atomic E-state index is -0.218. The topological polar surface area (TPSA) is 23.5 Å². The summed E-state index contributed by atoms with van der Waals surface area (Å²) in [5, 5.41) is 9.57. The lowest BCUT2D eigenvalue weighted by atomic mass is 10.2. The first kappa shape index (κ1) is 10.9. The van der Waals surface area contributed by atoms with Crippen molar-refractivity contribution in [2.24, 2.45) is 0 Å². The zero-order chi connectivity index (χ0) is 8.69. The summed E-state index contributed by atoms with van der Waals surface area (Å²) in [6.45, 7) is 8.30. The Hall–Kier alpha value is -0.0800. The smallest absolute Gasteiger partial charge is 0.107 e. The van der Waals surface area contributed by atoms with E-state index in [1.165, 1.54) is 0 Å². The van der Waals surface area contributed by atoms with Crippen molar-refractivity contribution in [1.29, 1.82) is 0 Å². The molecular weight excluding hydrogens is 138 g/mol. The fourth-order valence-electron chi connectivity index (χ4n) is 1.25. The summed E-state index contributed by atoms with van der Waals surface area (Å²) in [6, 6.07) is 0. The van der Waals surface area contributed by atoms with E-state index in [1.807, 2.05) is 0 Å². The summed E-state index contributed by atoms with van der Waals surface area (Å²) in [5.41, 5.74) is 0. The van der Waals surface area contributed by atoms with Gasteiger partial charge in [-0.25, -0.2) is 0 Å². The molecule has 68 valence electrons. The molecule has 0 aliphatic heterocycles. The van der Waals surface area contributed by atoms with Crippen molar-refractivity contribution < 1.29 is 5.11 Å². The van der Waals surface area contributed by atoms with Crippen LogP contribution in [0.25, 0.3) is 0 Å². The van der Waals surface area contributed by atoms with E-state index in [9.17, 15) is 5.11 Å². The number of aliphatic hydroxyl groups is 1. The first-order chi connectivity index (χ1) is 5.26. The van der Waals surface area contributed by atoms with Gasteiger partial charge in [-0.15, -0.1) is 0 Å². The summed E-state index contributed by atoms with van der Waals surface area (Å²) in [4.78, 5) is 2.11. The first-order valence-corrected chi connectivity index (χ1v) is 4.68. The molecule has 0 amide bonds. The van der Waals surface area contributed by atoms with Crippen LogP contribution in [0.3, 0.4) is 0 Å². The van der Waals surface area contributed by atoms with Gasteiger partial charge in [0.1, 0.15) is 6.23 Å². The van der Waals surface area contributed by atoms with Crippen molar-refractivity contribution in [3.05, 3.63) is 0 Å². The normalized spacial score (nSPS) is 13.9. The second kappa shape index (κ2) is 6.62. The Labute approximate surface area is 70.2 Å². The largest absolute Gasteiger partial charge is 0.378 e. The molecule has 0 saturated heterocycles. The number of aliphatic hydroxyl groups excluding tert-OH is 1. The van der Waals surface area contributed by atoms with Crippen LogP contribution in [0.15, 0.2) is 0 Å². The van der Waals surface area contributed by atoms with E-state index in [0.29, 0.717) is 0 Å². The van der Waals surface area contributed by atoms with Gasteiger partial charge < -0.3 is 5.11 Å². The SMILES string of the molecule is CCC[C@@H](O)N(CC)CCC. The molecule has 0 aliphatic carbocycles. The molecule has 0 bridgehead atoms. The number of hydrogen-bond donors (Lipinski definition) is 1. The summed E-state index contributed by atoms with van der Waals surface area (Å²) < 4.78 is 0. The summed E-state index contributed by atoms with van der Waals surface area (Å²) in [7, 11) is 0. The molecular formula is C9H21NO. The van der Waals surface area contributed by atoms with Crippen molar-refractivity contribution in [1.82, 2.24) is 4.90 Å². The van der Waals surface area contributed by atoms with Crippen LogP contribution in [0.1, 0.15) is 40.0 Å². The average Bonchev–Trinajstić information content (AvgIpc) is 2.00. The van der Waals surface area contributed by atoms with Crippen molar-refractivity contribution in [2.45, 2.75) is 46.3 Å². The molecule has 0 aromatic heterocycles. The van der Waals surface area contributed by atoms with Gasteiger partial charge in [0.25, 0.3) is 0 Å². The fraction of sp³-hybridized carbons (Fsp3) is 1.00. The molecule has 1 N–H and O–H groups in total. The third-order valence-corrected chi connectivity index (χ3v) is 1.89. The number of rotatable bonds is 6. The molecule has 2 heteroatoms. The van der Waals surface area contributed by atoms with Gasteiger partial charge in [-0.1, -0.05) is 27.2 Å². The maximum atomic E-state index is 9.57. The van der Waals surface area contributed by atoms with Gasteiger partial charge in [-0.05, 0) is 19.4 Å². The number of hydrogen-bond acceptors (Lipinski definition) is 2. The van der Waals surface area contributed by atoms with Crippen LogP contribution in [-0.4, -0.2) is 29.3 Å². The monoisotopic (exact) mass is 159 g/mol. The van der Waals surface area contributed by atoms with E-state index in [2.05, 4.69) is 25.7 Å². The highest BCUT2D eigenvalue weighted by Gasteiger charge is 2.10. The van der Waals surface area contributed by atoms with Gasteiger partial charge in [-0.3, -0.25) is 4.90 Å². The van der Waals surface area contributed by atoms with Gasteiger partial charge in [0.05, 0.1) is 0 Å². The highest BCUT2D eigenvalue weighted by atomic mass is 16.3. The second-order valence-electron chi connectivity index (χ2n) is 2.90. The molecule has 0 fully saturated rings. The van der Waals surface area contributed by atoms with Crippen molar-refractivity contribution >= 4 is 0 Å². The van der Waals surface area contributed by atoms with Crippen LogP contribution >= 0.6 is 0 Å². The molecule has 2 nitrogen and oxygen atoms in total. The molecule has 1 atom stereocenters. The minimum absolute atomic E-state index is 0.218. The number of nitrogens with zero attached hydrogens (tertiary/aromatic N) is 1. The molecule has 0 unspecified atom stereocenters. The van der Waals surface area contributed by atoms with Crippen LogP contribution in [0.2, 0.25) is 0 Å². The van der Waals surface area contributed by atoms with E-state index in [-0.39, 0.29) is 6.23 Å². The highest BCUT2D eigenvalue weighted by Crippen LogP contribution is 2.03. The van der Waals surface area contributed by atoms with Crippen molar-refractivity contribution in [2.75, 3.05) is 13.1 Å². The summed E-state index contributed by atoms with van der Waals surface area (Å²) >= 11 is 0. The lowest BCUT2D eigenvalue weighted by Crippen LogP contribution is -2.35. The predicted octanol–water partition coefficient (Wildman–Crippen LogP) is 1.84. The zero-order valence-corrected chi connectivity index (χ0v) is 8.01. The lowest BCUT2D eigenvalue weighted by molar-refractivity contribution is 0.000687. The van der Waals surface area contributed by atoms with Crippen molar-refractivity contribution in [3.63, 3.8) is 0 Å². The molecule has 11 heavy (non-hydrogen) atoms. The lowest BCUT2D eigenvalue weighted by Gasteiger charge is -2.25. The molecule has 0 aromatic carbocycles. The van der Waals surface area contributed by atoms with E-state index in [1.54, 1.807) is 0 Å². The quantitative estimate of drug-likeness (QED) is 0.598. The van der Waals surface area contributed by atoms with Crippen molar-refractivity contribution in [3.8, 4) is 0 Å². The standard InChI is InChI=1S/C9H21NO/c1-4-7-9(11)10(6-3)8-5-2/h9,11H,4-8H2,1-3H3/t9-/m1/s1. The maximum absolute atomic E-state index is 9.57. The van der Waals surface area contributed by atoms with Crippen LogP contribution in [0, 0.1) is 0 Å². The van der Waals surface area contributed by atoms with E-state index < -0.39 is 0 Å². The van der Waals surface area contributed by atoms with Gasteiger partial charge in [0.15, 0.2) is 0 Å². The third-order valence-electron chi connectivity index (χ3n) is 1.89. The fourth-order valence-corrected chi connectivity index (χ4v) is 1.25. The van der Waals surface area contributed by atoms with Crippen LogP contribution in [0.5, 0.6) is 0 Å². The Morgan fingerprint density at radius 1 is 1.18 bits per heavy atom. The van der Waals surface area contributed by atoms with Gasteiger partial charge >= 0.3 is 0 Å².